The van der Waals surface area contributed by atoms with Gasteiger partial charge < -0.3 is 14.9 Å². The maximum Gasteiger partial charge on any atom is 0.303 e. The van der Waals surface area contributed by atoms with Crippen LogP contribution in [0.4, 0.5) is 0 Å². The Labute approximate surface area is 110 Å². The number of carbonyl (C=O) groups is 1. The zero-order valence-electron chi connectivity index (χ0n) is 10.0. The van der Waals surface area contributed by atoms with Crippen LogP contribution in [0.2, 0.25) is 5.02 Å². The van der Waals surface area contributed by atoms with Gasteiger partial charge in [0.2, 0.25) is 0 Å². The Bertz CT molecular complexity index is 468. The molecule has 1 aromatic carbocycles. The fraction of sp³-hybridized carbons (Fsp3) is 0.462. The van der Waals surface area contributed by atoms with E-state index in [1.807, 2.05) is 0 Å². The lowest BCUT2D eigenvalue weighted by Gasteiger charge is -2.19. The Balaban J connectivity index is 2.42. The minimum Gasteiger partial charge on any atom is -0.504 e. The highest BCUT2D eigenvalue weighted by atomic mass is 35.5. The monoisotopic (exact) mass is 270 g/mol. The van der Waals surface area contributed by atoms with Crippen LogP contribution in [0, 0.1) is 5.92 Å². The van der Waals surface area contributed by atoms with Crippen LogP contribution in [0.15, 0.2) is 12.1 Å². The number of aromatic hydroxyl groups is 1. The van der Waals surface area contributed by atoms with E-state index < -0.39 is 5.97 Å². The number of carboxylic acids is 1. The molecular formula is C13H15ClO4. The molecule has 0 amide bonds. The lowest BCUT2D eigenvalue weighted by atomic mass is 9.90. The first-order valence-corrected chi connectivity index (χ1v) is 6.19. The normalized spacial score (nSPS) is 16.3. The van der Waals surface area contributed by atoms with Crippen molar-refractivity contribution >= 4 is 17.6 Å². The molecule has 0 aromatic heterocycles. The molecule has 1 aliphatic rings. The number of rotatable bonds is 5. The number of hydrogen-bond donors (Lipinski definition) is 2. The van der Waals surface area contributed by atoms with Gasteiger partial charge in [0, 0.05) is 16.5 Å². The molecule has 0 bridgehead atoms. The average molecular weight is 271 g/mol. The predicted molar refractivity (Wildman–Crippen MR) is 67.4 cm³/mol. The second kappa shape index (κ2) is 5.06. The lowest BCUT2D eigenvalue weighted by molar-refractivity contribution is -0.137. The zero-order valence-corrected chi connectivity index (χ0v) is 10.8. The van der Waals surface area contributed by atoms with E-state index in [4.69, 9.17) is 21.4 Å². The molecule has 1 saturated carbocycles. The summed E-state index contributed by atoms with van der Waals surface area (Å²) >= 11 is 6.10. The Hall–Kier alpha value is -1.42. The molecule has 1 atom stereocenters. The van der Waals surface area contributed by atoms with E-state index in [1.165, 1.54) is 7.11 Å². The Morgan fingerprint density at radius 2 is 2.22 bits per heavy atom. The third-order valence-electron chi connectivity index (χ3n) is 3.30. The summed E-state index contributed by atoms with van der Waals surface area (Å²) in [7, 11) is 1.45. The van der Waals surface area contributed by atoms with Crippen LogP contribution in [0.3, 0.4) is 0 Å². The van der Waals surface area contributed by atoms with Gasteiger partial charge in [-0.05, 0) is 30.9 Å². The fourth-order valence-corrected chi connectivity index (χ4v) is 2.56. The van der Waals surface area contributed by atoms with Crippen molar-refractivity contribution in [3.05, 3.63) is 22.7 Å². The molecule has 18 heavy (non-hydrogen) atoms. The molecule has 1 fully saturated rings. The average Bonchev–Trinajstić information content (AvgIpc) is 3.11. The smallest absolute Gasteiger partial charge is 0.303 e. The number of phenolic OH excluding ortho intramolecular Hbond substituents is 1. The first kappa shape index (κ1) is 13.0. The first-order valence-electron chi connectivity index (χ1n) is 5.81. The predicted octanol–water partition coefficient (Wildman–Crippen LogP) is 3.02. The molecule has 2 N–H and O–H groups in total. The SMILES string of the molecule is COc1ccc(Cl)c(C(CC(=O)O)C2CC2)c1O. The summed E-state index contributed by atoms with van der Waals surface area (Å²) < 4.78 is 5.04. The van der Waals surface area contributed by atoms with Crippen molar-refractivity contribution in [2.45, 2.75) is 25.2 Å². The number of phenols is 1. The van der Waals surface area contributed by atoms with Gasteiger partial charge in [0.15, 0.2) is 11.5 Å². The summed E-state index contributed by atoms with van der Waals surface area (Å²) in [5, 5.41) is 19.5. The van der Waals surface area contributed by atoms with Crippen LogP contribution in [0.25, 0.3) is 0 Å². The van der Waals surface area contributed by atoms with Gasteiger partial charge in [0.1, 0.15) is 0 Å². The van der Waals surface area contributed by atoms with Crippen molar-refractivity contribution in [2.24, 2.45) is 5.92 Å². The molecule has 0 saturated heterocycles. The van der Waals surface area contributed by atoms with Crippen molar-refractivity contribution in [1.82, 2.24) is 0 Å². The summed E-state index contributed by atoms with van der Waals surface area (Å²) in [6.07, 6.45) is 1.93. The van der Waals surface area contributed by atoms with E-state index in [1.54, 1.807) is 12.1 Å². The third kappa shape index (κ3) is 2.53. The summed E-state index contributed by atoms with van der Waals surface area (Å²) in [5.41, 5.74) is 0.501. The van der Waals surface area contributed by atoms with Gasteiger partial charge in [-0.2, -0.15) is 0 Å². The Kier molecular flexibility index (Phi) is 3.66. The number of hydrogen-bond acceptors (Lipinski definition) is 3. The van der Waals surface area contributed by atoms with E-state index >= 15 is 0 Å². The summed E-state index contributed by atoms with van der Waals surface area (Å²) in [4.78, 5) is 10.9. The number of halogens is 1. The first-order chi connectivity index (χ1) is 8.54. The van der Waals surface area contributed by atoms with E-state index in [9.17, 15) is 9.90 Å². The lowest BCUT2D eigenvalue weighted by Crippen LogP contribution is -2.09. The number of aliphatic carboxylic acids is 1. The van der Waals surface area contributed by atoms with Crippen molar-refractivity contribution in [3.8, 4) is 11.5 Å². The molecule has 0 heterocycles. The minimum atomic E-state index is -0.884. The molecule has 5 heteroatoms. The van der Waals surface area contributed by atoms with Crippen molar-refractivity contribution in [2.75, 3.05) is 7.11 Å². The largest absolute Gasteiger partial charge is 0.504 e. The van der Waals surface area contributed by atoms with Crippen molar-refractivity contribution in [1.29, 1.82) is 0 Å². The Morgan fingerprint density at radius 3 is 2.72 bits per heavy atom. The topological polar surface area (TPSA) is 66.8 Å². The molecular weight excluding hydrogens is 256 g/mol. The van der Waals surface area contributed by atoms with E-state index in [-0.39, 0.29) is 24.0 Å². The third-order valence-corrected chi connectivity index (χ3v) is 3.63. The second-order valence-electron chi connectivity index (χ2n) is 4.55. The molecule has 0 radical (unpaired) electrons. The molecule has 4 nitrogen and oxygen atoms in total. The number of benzene rings is 1. The molecule has 1 aliphatic carbocycles. The standard InChI is InChI=1S/C13H15ClO4/c1-18-10-5-4-9(14)12(13(10)17)8(6-11(15)16)7-2-3-7/h4-5,7-8,17H,2-3,6H2,1H3,(H,15,16). The van der Waals surface area contributed by atoms with Crippen LogP contribution < -0.4 is 4.74 Å². The molecule has 0 aliphatic heterocycles. The van der Waals surface area contributed by atoms with Gasteiger partial charge in [-0.15, -0.1) is 0 Å². The quantitative estimate of drug-likeness (QED) is 0.863. The molecule has 2 rings (SSSR count). The maximum atomic E-state index is 10.9. The van der Waals surface area contributed by atoms with E-state index in [0.717, 1.165) is 12.8 Å². The summed E-state index contributed by atoms with van der Waals surface area (Å²) in [6, 6.07) is 3.21. The van der Waals surface area contributed by atoms with Crippen LogP contribution in [0.1, 0.15) is 30.7 Å². The number of methoxy groups -OCH3 is 1. The second-order valence-corrected chi connectivity index (χ2v) is 4.96. The van der Waals surface area contributed by atoms with Crippen molar-refractivity contribution < 1.29 is 19.7 Å². The summed E-state index contributed by atoms with van der Waals surface area (Å²) in [6.45, 7) is 0. The van der Waals surface area contributed by atoms with E-state index in [2.05, 4.69) is 0 Å². The van der Waals surface area contributed by atoms with Gasteiger partial charge in [0.05, 0.1) is 13.5 Å². The highest BCUT2D eigenvalue weighted by Crippen LogP contribution is 2.50. The summed E-state index contributed by atoms with van der Waals surface area (Å²) in [5.74, 6) is -0.555. The van der Waals surface area contributed by atoms with Crippen LogP contribution >= 0.6 is 11.6 Å². The van der Waals surface area contributed by atoms with Gasteiger partial charge >= 0.3 is 5.97 Å². The van der Waals surface area contributed by atoms with Gasteiger partial charge in [-0.25, -0.2) is 0 Å². The zero-order chi connectivity index (χ0) is 13.3. The number of carboxylic acid groups (broad SMARTS) is 1. The fourth-order valence-electron chi connectivity index (χ4n) is 2.27. The van der Waals surface area contributed by atoms with Gasteiger partial charge in [-0.1, -0.05) is 11.6 Å². The molecule has 0 spiro atoms. The van der Waals surface area contributed by atoms with E-state index in [0.29, 0.717) is 16.3 Å². The van der Waals surface area contributed by atoms with Gasteiger partial charge in [-0.3, -0.25) is 4.79 Å². The molecule has 98 valence electrons. The Morgan fingerprint density at radius 1 is 1.56 bits per heavy atom. The minimum absolute atomic E-state index is 0.0227. The molecule has 1 unspecified atom stereocenters. The van der Waals surface area contributed by atoms with Crippen molar-refractivity contribution in [3.63, 3.8) is 0 Å². The highest BCUT2D eigenvalue weighted by Gasteiger charge is 2.37. The van der Waals surface area contributed by atoms with Gasteiger partial charge in [0.25, 0.3) is 0 Å². The number of ether oxygens (including phenoxy) is 1. The molecule has 1 aromatic rings. The van der Waals surface area contributed by atoms with Crippen LogP contribution in [-0.4, -0.2) is 23.3 Å². The maximum absolute atomic E-state index is 10.9. The van der Waals surface area contributed by atoms with Crippen LogP contribution in [-0.2, 0) is 4.79 Å². The highest BCUT2D eigenvalue weighted by molar-refractivity contribution is 6.31. The van der Waals surface area contributed by atoms with Crippen LogP contribution in [0.5, 0.6) is 11.5 Å².